The third-order valence-corrected chi connectivity index (χ3v) is 13.2. The van der Waals surface area contributed by atoms with Crippen molar-refractivity contribution in [1.82, 2.24) is 25.1 Å². The summed E-state index contributed by atoms with van der Waals surface area (Å²) in [4.78, 5) is 50.3. The van der Waals surface area contributed by atoms with Gasteiger partial charge in [0, 0.05) is 37.1 Å². The fourth-order valence-corrected chi connectivity index (χ4v) is 9.46. The highest BCUT2D eigenvalue weighted by molar-refractivity contribution is 8.77. The number of ketones is 1. The fourth-order valence-electron chi connectivity index (χ4n) is 5.70. The first-order valence-corrected chi connectivity index (χ1v) is 20.4. The van der Waals surface area contributed by atoms with Gasteiger partial charge < -0.3 is 20.7 Å². The Hall–Kier alpha value is -4.23. The number of nitrogens with two attached hydrogens (primary N) is 2. The van der Waals surface area contributed by atoms with Gasteiger partial charge in [0.15, 0.2) is 5.78 Å². The quantitative estimate of drug-likeness (QED) is 0.144. The summed E-state index contributed by atoms with van der Waals surface area (Å²) in [5.41, 5.74) is 8.76. The molecule has 0 spiro atoms. The van der Waals surface area contributed by atoms with E-state index in [1.807, 2.05) is 48.8 Å². The first-order valence-electron chi connectivity index (χ1n) is 16.5. The maximum atomic E-state index is 14.0. The Morgan fingerprint density at radius 1 is 1.12 bits per heavy atom. The van der Waals surface area contributed by atoms with E-state index < -0.39 is 26.9 Å². The zero-order valence-corrected chi connectivity index (χ0v) is 32.1. The van der Waals surface area contributed by atoms with Crippen LogP contribution in [-0.2, 0) is 31.4 Å². The number of hydrogen-bond acceptors (Lipinski definition) is 13. The standard InChI is InChI=1S/C34H43N9O6S3/c1-21-7-8-25(18-29(21)52(36,47)48)43(32-37-16-12-30(39-32)41(4)24-9-10-26-22(2)42(5)40-28(26)17-24)33(46)49-20-34(13-6-14-34)51-50-19-31(45)38-27(11-15-35)23(3)44/h7-10,12,16-18,27H,6,11,13-15,19-20,35H2,1-5H3,(H,38,45)(H2,36,47,48)/t27-/m0/s1. The van der Waals surface area contributed by atoms with Crippen LogP contribution in [0.2, 0.25) is 0 Å². The number of amides is 2. The minimum absolute atomic E-state index is 0.0157. The smallest absolute Gasteiger partial charge is 0.421 e. The molecule has 15 nitrogen and oxygen atoms in total. The van der Waals surface area contributed by atoms with Crippen molar-refractivity contribution in [3.8, 4) is 0 Å². The minimum Gasteiger partial charge on any atom is -0.447 e. The van der Waals surface area contributed by atoms with Crippen LogP contribution in [0.3, 0.4) is 0 Å². The van der Waals surface area contributed by atoms with Gasteiger partial charge in [-0.1, -0.05) is 34.1 Å². The number of ether oxygens (including phenoxy) is 1. The molecule has 1 fully saturated rings. The summed E-state index contributed by atoms with van der Waals surface area (Å²) < 4.78 is 32.2. The largest absolute Gasteiger partial charge is 0.447 e. The van der Waals surface area contributed by atoms with Gasteiger partial charge in [0.1, 0.15) is 12.4 Å². The van der Waals surface area contributed by atoms with Crippen LogP contribution in [0.15, 0.2) is 53.6 Å². The molecule has 1 aliphatic carbocycles. The monoisotopic (exact) mass is 769 g/mol. The van der Waals surface area contributed by atoms with Gasteiger partial charge in [-0.05, 0) is 88.5 Å². The lowest BCUT2D eigenvalue weighted by molar-refractivity contribution is -0.125. The number of benzene rings is 2. The molecule has 5 N–H and O–H groups in total. The molecule has 278 valence electrons. The molecule has 0 saturated heterocycles. The highest BCUT2D eigenvalue weighted by Gasteiger charge is 2.40. The summed E-state index contributed by atoms with van der Waals surface area (Å²) >= 11 is 0. The molecule has 1 atom stereocenters. The summed E-state index contributed by atoms with van der Waals surface area (Å²) in [6, 6.07) is 11.3. The number of anilines is 4. The number of hydrogen-bond donors (Lipinski definition) is 3. The van der Waals surface area contributed by atoms with Crippen molar-refractivity contribution in [3.63, 3.8) is 0 Å². The maximum absolute atomic E-state index is 14.0. The van der Waals surface area contributed by atoms with Gasteiger partial charge in [-0.3, -0.25) is 14.3 Å². The number of primary sulfonamides is 1. The number of aryl methyl sites for hydroxylation is 3. The van der Waals surface area contributed by atoms with E-state index in [-0.39, 0.29) is 47.1 Å². The first kappa shape index (κ1) is 39.0. The van der Waals surface area contributed by atoms with Gasteiger partial charge in [-0.25, -0.2) is 28.2 Å². The number of aromatic nitrogens is 4. The Morgan fingerprint density at radius 3 is 2.50 bits per heavy atom. The molecule has 0 unspecified atom stereocenters. The molecule has 1 saturated carbocycles. The lowest BCUT2D eigenvalue weighted by atomic mass is 9.85. The van der Waals surface area contributed by atoms with Crippen LogP contribution in [0.5, 0.6) is 0 Å². The normalized spacial score (nSPS) is 14.4. The van der Waals surface area contributed by atoms with Gasteiger partial charge in [-0.15, -0.1) is 0 Å². The predicted molar refractivity (Wildman–Crippen MR) is 204 cm³/mol. The predicted octanol–water partition coefficient (Wildman–Crippen LogP) is 4.40. The molecule has 2 amide bonds. The number of Topliss-reactive ketones (excluding diaryl/α,β-unsaturated/α-hetero) is 1. The van der Waals surface area contributed by atoms with E-state index in [9.17, 15) is 22.8 Å². The molecular weight excluding hydrogens is 727 g/mol. The molecule has 0 aliphatic heterocycles. The fraction of sp³-hybridized carbons (Fsp3) is 0.412. The van der Waals surface area contributed by atoms with Crippen LogP contribution < -0.4 is 26.0 Å². The molecule has 0 radical (unpaired) electrons. The van der Waals surface area contributed by atoms with E-state index in [0.29, 0.717) is 17.8 Å². The van der Waals surface area contributed by atoms with Gasteiger partial charge in [0.05, 0.1) is 32.6 Å². The van der Waals surface area contributed by atoms with Crippen LogP contribution in [0.4, 0.5) is 27.9 Å². The summed E-state index contributed by atoms with van der Waals surface area (Å²) in [6.45, 7) is 5.31. The summed E-state index contributed by atoms with van der Waals surface area (Å²) in [5, 5.41) is 13.9. The number of fused-ring (bicyclic) bond motifs is 1. The average Bonchev–Trinajstić information content (AvgIpc) is 3.37. The van der Waals surface area contributed by atoms with Crippen molar-refractivity contribution in [2.24, 2.45) is 17.9 Å². The zero-order chi connectivity index (χ0) is 37.8. The van der Waals surface area contributed by atoms with Crippen molar-refractivity contribution >= 4 is 83.4 Å². The Morgan fingerprint density at radius 2 is 1.85 bits per heavy atom. The Balaban J connectivity index is 1.38. The lowest BCUT2D eigenvalue weighted by Gasteiger charge is -2.40. The Bertz CT molecular complexity index is 2090. The van der Waals surface area contributed by atoms with E-state index >= 15 is 0 Å². The first-order chi connectivity index (χ1) is 24.6. The van der Waals surface area contributed by atoms with E-state index in [0.717, 1.165) is 46.4 Å². The highest BCUT2D eigenvalue weighted by Crippen LogP contribution is 2.50. The number of nitrogens with one attached hydrogen (secondary N) is 1. The highest BCUT2D eigenvalue weighted by atomic mass is 33.1. The Labute approximate surface area is 310 Å². The van der Waals surface area contributed by atoms with Gasteiger partial charge in [0.2, 0.25) is 21.9 Å². The number of nitrogens with zero attached hydrogens (tertiary/aromatic N) is 6. The van der Waals surface area contributed by atoms with Crippen LogP contribution in [-0.4, -0.2) is 82.7 Å². The van der Waals surface area contributed by atoms with E-state index in [4.69, 9.17) is 20.6 Å². The Kier molecular flexibility index (Phi) is 12.1. The third-order valence-electron chi connectivity index (χ3n) is 9.02. The zero-order valence-electron chi connectivity index (χ0n) is 29.7. The van der Waals surface area contributed by atoms with Gasteiger partial charge >= 0.3 is 6.09 Å². The molecule has 2 aromatic carbocycles. The minimum atomic E-state index is -4.14. The number of carbonyl (C=O) groups excluding carboxylic acids is 3. The lowest BCUT2D eigenvalue weighted by Crippen LogP contribution is -2.42. The second-order valence-electron chi connectivity index (χ2n) is 12.8. The molecule has 18 heteroatoms. The maximum Gasteiger partial charge on any atom is 0.421 e. The molecular formula is C34H43N9O6S3. The number of rotatable bonds is 15. The summed E-state index contributed by atoms with van der Waals surface area (Å²) in [7, 11) is 2.35. The second-order valence-corrected chi connectivity index (χ2v) is 17.1. The molecule has 4 aromatic rings. The van der Waals surface area contributed by atoms with E-state index in [1.165, 1.54) is 40.8 Å². The number of carbonyl (C=O) groups is 3. The van der Waals surface area contributed by atoms with Crippen molar-refractivity contribution in [3.05, 3.63) is 59.9 Å². The van der Waals surface area contributed by atoms with Crippen molar-refractivity contribution in [2.45, 2.75) is 62.1 Å². The molecule has 1 aliphatic rings. The van der Waals surface area contributed by atoms with E-state index in [2.05, 4.69) is 15.4 Å². The summed E-state index contributed by atoms with van der Waals surface area (Å²) in [6.07, 6.45) is 3.45. The van der Waals surface area contributed by atoms with Gasteiger partial charge in [0.25, 0.3) is 0 Å². The molecule has 0 bridgehead atoms. The molecule has 52 heavy (non-hydrogen) atoms. The third kappa shape index (κ3) is 8.86. The van der Waals surface area contributed by atoms with Crippen LogP contribution in [0.1, 0.15) is 43.9 Å². The average molecular weight is 770 g/mol. The van der Waals surface area contributed by atoms with Crippen molar-refractivity contribution in [2.75, 3.05) is 35.8 Å². The topological polar surface area (TPSA) is 209 Å². The van der Waals surface area contributed by atoms with Crippen molar-refractivity contribution < 1.29 is 27.5 Å². The summed E-state index contributed by atoms with van der Waals surface area (Å²) in [5.74, 6) is 0.0582. The van der Waals surface area contributed by atoms with Crippen LogP contribution in [0, 0.1) is 13.8 Å². The molecule has 2 heterocycles. The van der Waals surface area contributed by atoms with Crippen LogP contribution in [0.25, 0.3) is 10.9 Å². The van der Waals surface area contributed by atoms with Crippen LogP contribution >= 0.6 is 21.6 Å². The van der Waals surface area contributed by atoms with Crippen molar-refractivity contribution in [1.29, 1.82) is 0 Å². The van der Waals surface area contributed by atoms with Gasteiger partial charge in [-0.2, -0.15) is 10.1 Å². The number of sulfonamides is 1. The van der Waals surface area contributed by atoms with E-state index in [1.54, 1.807) is 25.1 Å². The second kappa shape index (κ2) is 16.2. The SMILES string of the molecule is CC(=O)[C@H](CCN)NC(=O)CSSC1(COC(=O)N(c2ccc(C)c(S(N)(=O)=O)c2)c2nccc(N(C)c3ccc4c(C)n(C)nc4c3)n2)CCC1. The molecule has 5 rings (SSSR count). The molecule has 2 aromatic heterocycles.